The second kappa shape index (κ2) is 4.58. The van der Waals surface area contributed by atoms with Gasteiger partial charge < -0.3 is 15.4 Å². The smallest absolute Gasteiger partial charge is 0.225 e. The summed E-state index contributed by atoms with van der Waals surface area (Å²) in [6.45, 7) is 7.53. The molecule has 0 bridgehead atoms. The van der Waals surface area contributed by atoms with Gasteiger partial charge in [0, 0.05) is 25.0 Å². The number of nitrogens with zero attached hydrogens (tertiary/aromatic N) is 1. The Morgan fingerprint density at radius 1 is 1.41 bits per heavy atom. The maximum atomic E-state index is 12.4. The van der Waals surface area contributed by atoms with Gasteiger partial charge in [-0.15, -0.1) is 0 Å². The molecule has 1 saturated heterocycles. The van der Waals surface area contributed by atoms with E-state index >= 15 is 0 Å². The van der Waals surface area contributed by atoms with Crippen molar-refractivity contribution in [1.29, 1.82) is 0 Å². The second-order valence-corrected chi connectivity index (χ2v) is 6.18. The minimum absolute atomic E-state index is 0.123. The minimum atomic E-state index is -0.228. The highest BCUT2D eigenvalue weighted by molar-refractivity contribution is 5.79. The third-order valence-electron chi connectivity index (χ3n) is 3.70. The molecule has 17 heavy (non-hydrogen) atoms. The van der Waals surface area contributed by atoms with Crippen LogP contribution in [0.15, 0.2) is 0 Å². The highest BCUT2D eigenvalue weighted by Gasteiger charge is 2.37. The van der Waals surface area contributed by atoms with E-state index in [-0.39, 0.29) is 29.6 Å². The molecular weight excluding hydrogens is 216 g/mol. The molecule has 98 valence electrons. The van der Waals surface area contributed by atoms with E-state index in [1.165, 1.54) is 0 Å². The molecule has 1 amide bonds. The molecule has 0 aromatic heterocycles. The number of amides is 1. The minimum Gasteiger partial charge on any atom is -0.369 e. The number of rotatable bonds is 1. The predicted octanol–water partition coefficient (Wildman–Crippen LogP) is 1.14. The van der Waals surface area contributed by atoms with Crippen LogP contribution in [0.3, 0.4) is 0 Å². The van der Waals surface area contributed by atoms with Crippen LogP contribution in [0.5, 0.6) is 0 Å². The lowest BCUT2D eigenvalue weighted by molar-refractivity contribution is -0.161. The summed E-state index contributed by atoms with van der Waals surface area (Å²) in [7, 11) is 0. The Bertz CT molecular complexity index is 304. The van der Waals surface area contributed by atoms with E-state index in [2.05, 4.69) is 0 Å². The quantitative estimate of drug-likeness (QED) is 0.748. The first-order valence-electron chi connectivity index (χ1n) is 6.59. The van der Waals surface area contributed by atoms with E-state index in [0.29, 0.717) is 13.1 Å². The van der Waals surface area contributed by atoms with E-state index in [1.54, 1.807) is 0 Å². The van der Waals surface area contributed by atoms with Gasteiger partial charge in [-0.05, 0) is 40.0 Å². The Balaban J connectivity index is 1.99. The molecule has 0 unspecified atom stereocenters. The van der Waals surface area contributed by atoms with Gasteiger partial charge in [0.15, 0.2) is 0 Å². The maximum absolute atomic E-state index is 12.4. The maximum Gasteiger partial charge on any atom is 0.225 e. The van der Waals surface area contributed by atoms with Gasteiger partial charge in [0.1, 0.15) is 0 Å². The van der Waals surface area contributed by atoms with E-state index in [0.717, 1.165) is 19.3 Å². The average molecular weight is 240 g/mol. The number of ether oxygens (including phenoxy) is 1. The van der Waals surface area contributed by atoms with Crippen molar-refractivity contribution in [3.05, 3.63) is 0 Å². The van der Waals surface area contributed by atoms with E-state index < -0.39 is 0 Å². The standard InChI is InChI=1S/C13H24N2O2/c1-9-7-15(8-13(2,3)17-9)12(16)10-4-5-11(14)6-10/h9-11H,4-8,14H2,1-3H3/t9-,10+,11+/m1/s1. The van der Waals surface area contributed by atoms with Crippen molar-refractivity contribution in [2.24, 2.45) is 11.7 Å². The fraction of sp³-hybridized carbons (Fsp3) is 0.923. The monoisotopic (exact) mass is 240 g/mol. The van der Waals surface area contributed by atoms with Gasteiger partial charge in [-0.1, -0.05) is 0 Å². The first-order chi connectivity index (χ1) is 7.87. The summed E-state index contributed by atoms with van der Waals surface area (Å²) in [5.74, 6) is 0.423. The predicted molar refractivity (Wildman–Crippen MR) is 66.5 cm³/mol. The second-order valence-electron chi connectivity index (χ2n) is 6.18. The number of carbonyl (C=O) groups excluding carboxylic acids is 1. The third-order valence-corrected chi connectivity index (χ3v) is 3.70. The van der Waals surface area contributed by atoms with Crippen LogP contribution in [0.25, 0.3) is 0 Å². The summed E-state index contributed by atoms with van der Waals surface area (Å²) in [4.78, 5) is 14.4. The number of nitrogens with two attached hydrogens (primary N) is 1. The molecule has 0 spiro atoms. The Morgan fingerprint density at radius 2 is 2.12 bits per heavy atom. The Kier molecular flexibility index (Phi) is 3.46. The highest BCUT2D eigenvalue weighted by Crippen LogP contribution is 2.29. The van der Waals surface area contributed by atoms with Gasteiger partial charge in [-0.2, -0.15) is 0 Å². The molecule has 0 aromatic carbocycles. The van der Waals surface area contributed by atoms with Crippen molar-refractivity contribution in [1.82, 2.24) is 4.90 Å². The lowest BCUT2D eigenvalue weighted by Crippen LogP contribution is -2.55. The summed E-state index contributed by atoms with van der Waals surface area (Å²) in [5.41, 5.74) is 5.65. The zero-order valence-corrected chi connectivity index (χ0v) is 11.1. The van der Waals surface area contributed by atoms with E-state index in [1.807, 2.05) is 25.7 Å². The van der Waals surface area contributed by atoms with Crippen LogP contribution in [0.1, 0.15) is 40.0 Å². The Labute approximate surface area is 103 Å². The molecule has 1 aliphatic heterocycles. The van der Waals surface area contributed by atoms with Crippen LogP contribution in [0.4, 0.5) is 0 Å². The van der Waals surface area contributed by atoms with Crippen molar-refractivity contribution >= 4 is 5.91 Å². The largest absolute Gasteiger partial charge is 0.369 e. The van der Waals surface area contributed by atoms with Crippen molar-refractivity contribution in [3.8, 4) is 0 Å². The number of carbonyl (C=O) groups is 1. The zero-order valence-electron chi connectivity index (χ0n) is 11.1. The summed E-state index contributed by atoms with van der Waals surface area (Å²) in [6.07, 6.45) is 2.91. The molecule has 3 atom stereocenters. The van der Waals surface area contributed by atoms with Crippen molar-refractivity contribution in [3.63, 3.8) is 0 Å². The van der Waals surface area contributed by atoms with Crippen molar-refractivity contribution < 1.29 is 9.53 Å². The Hall–Kier alpha value is -0.610. The highest BCUT2D eigenvalue weighted by atomic mass is 16.5. The molecule has 0 radical (unpaired) electrons. The molecular formula is C13H24N2O2. The number of morpholine rings is 1. The molecule has 1 heterocycles. The number of hydrogen-bond donors (Lipinski definition) is 1. The molecule has 4 nitrogen and oxygen atoms in total. The van der Waals surface area contributed by atoms with Crippen molar-refractivity contribution in [2.75, 3.05) is 13.1 Å². The topological polar surface area (TPSA) is 55.6 Å². The average Bonchev–Trinajstić information content (AvgIpc) is 2.60. The van der Waals surface area contributed by atoms with Crippen molar-refractivity contribution in [2.45, 2.75) is 57.8 Å². The molecule has 2 N–H and O–H groups in total. The fourth-order valence-electron chi connectivity index (χ4n) is 3.12. The molecule has 4 heteroatoms. The lowest BCUT2D eigenvalue weighted by Gasteiger charge is -2.42. The summed E-state index contributed by atoms with van der Waals surface area (Å²) in [6, 6.07) is 0.218. The van der Waals surface area contributed by atoms with Crippen LogP contribution in [0.2, 0.25) is 0 Å². The van der Waals surface area contributed by atoms with Crippen LogP contribution in [-0.4, -0.2) is 41.6 Å². The van der Waals surface area contributed by atoms with Gasteiger partial charge in [0.2, 0.25) is 5.91 Å². The molecule has 2 aliphatic rings. The third kappa shape index (κ3) is 2.99. The first kappa shape index (κ1) is 12.8. The zero-order chi connectivity index (χ0) is 12.6. The molecule has 0 aromatic rings. The van der Waals surface area contributed by atoms with Gasteiger partial charge in [0.05, 0.1) is 11.7 Å². The molecule has 1 aliphatic carbocycles. The molecule has 2 rings (SSSR count). The van der Waals surface area contributed by atoms with Gasteiger partial charge in [0.25, 0.3) is 0 Å². The Morgan fingerprint density at radius 3 is 2.65 bits per heavy atom. The van der Waals surface area contributed by atoms with E-state index in [9.17, 15) is 4.79 Å². The number of hydrogen-bond acceptors (Lipinski definition) is 3. The van der Waals surface area contributed by atoms with Crippen LogP contribution >= 0.6 is 0 Å². The first-order valence-corrected chi connectivity index (χ1v) is 6.59. The van der Waals surface area contributed by atoms with Crippen LogP contribution < -0.4 is 5.73 Å². The normalized spacial score (nSPS) is 37.2. The molecule has 2 fully saturated rings. The lowest BCUT2D eigenvalue weighted by atomic mass is 10.0. The van der Waals surface area contributed by atoms with Gasteiger partial charge in [-0.25, -0.2) is 0 Å². The molecule has 1 saturated carbocycles. The SMILES string of the molecule is C[C@@H]1CN(C(=O)[C@H]2CC[C@H](N)C2)CC(C)(C)O1. The van der Waals surface area contributed by atoms with Crippen LogP contribution in [-0.2, 0) is 9.53 Å². The summed E-state index contributed by atoms with van der Waals surface area (Å²) >= 11 is 0. The van der Waals surface area contributed by atoms with Gasteiger partial charge in [-0.3, -0.25) is 4.79 Å². The summed E-state index contributed by atoms with van der Waals surface area (Å²) in [5, 5.41) is 0. The summed E-state index contributed by atoms with van der Waals surface area (Å²) < 4.78 is 5.82. The van der Waals surface area contributed by atoms with Gasteiger partial charge >= 0.3 is 0 Å². The fourth-order valence-corrected chi connectivity index (χ4v) is 3.12. The van der Waals surface area contributed by atoms with Crippen LogP contribution in [0, 0.1) is 5.92 Å². The van der Waals surface area contributed by atoms with E-state index in [4.69, 9.17) is 10.5 Å².